The standard InChI is InChI=1S/C20H30N4O3.C2H2O4/c25-19(16-21-8-11-23-12-14-27-15-13-23)22-18-6-4-17(5-7-18)20(26)24-9-2-1-3-10-24;3-1(4)2(5)6/h4-7,21H,1-3,8-16H2,(H,22,25);(H,3,4)(H,5,6). The first kappa shape index (κ1) is 26.2. The highest BCUT2D eigenvalue weighted by molar-refractivity contribution is 6.27. The van der Waals surface area contributed by atoms with Crippen LogP contribution in [0.3, 0.4) is 0 Å². The van der Waals surface area contributed by atoms with Gasteiger partial charge in [-0.15, -0.1) is 0 Å². The number of hydrogen-bond acceptors (Lipinski definition) is 7. The number of rotatable bonds is 7. The molecule has 11 nitrogen and oxygen atoms in total. The Labute approximate surface area is 192 Å². The molecular formula is C22H32N4O7. The van der Waals surface area contributed by atoms with Crippen LogP contribution >= 0.6 is 0 Å². The summed E-state index contributed by atoms with van der Waals surface area (Å²) in [5, 5.41) is 20.8. The number of aliphatic carboxylic acids is 2. The predicted molar refractivity (Wildman–Crippen MR) is 120 cm³/mol. The minimum Gasteiger partial charge on any atom is -0.473 e. The topological polar surface area (TPSA) is 149 Å². The molecule has 0 spiro atoms. The molecule has 2 saturated heterocycles. The smallest absolute Gasteiger partial charge is 0.414 e. The second-order valence-electron chi connectivity index (χ2n) is 7.72. The highest BCUT2D eigenvalue weighted by Gasteiger charge is 2.18. The quantitative estimate of drug-likeness (QED) is 0.331. The molecule has 2 amide bonds. The van der Waals surface area contributed by atoms with E-state index < -0.39 is 11.9 Å². The molecule has 1 aromatic carbocycles. The van der Waals surface area contributed by atoms with Crippen molar-refractivity contribution in [1.82, 2.24) is 15.1 Å². The second kappa shape index (κ2) is 14.2. The number of likely N-dealkylation sites (tertiary alicyclic amines) is 1. The fraction of sp³-hybridized carbons (Fsp3) is 0.545. The molecule has 0 unspecified atom stereocenters. The Morgan fingerprint density at radius 3 is 2.06 bits per heavy atom. The molecule has 0 radical (unpaired) electrons. The zero-order valence-corrected chi connectivity index (χ0v) is 18.6. The zero-order chi connectivity index (χ0) is 24.1. The van der Waals surface area contributed by atoms with Crippen LogP contribution in [-0.4, -0.2) is 103 Å². The van der Waals surface area contributed by atoms with Gasteiger partial charge in [-0.25, -0.2) is 9.59 Å². The largest absolute Gasteiger partial charge is 0.473 e. The van der Waals surface area contributed by atoms with E-state index in [1.165, 1.54) is 6.42 Å². The fourth-order valence-electron chi connectivity index (χ4n) is 3.44. The van der Waals surface area contributed by atoms with Crippen LogP contribution in [-0.2, 0) is 19.1 Å². The number of carbonyl (C=O) groups excluding carboxylic acids is 2. The van der Waals surface area contributed by atoms with Crippen molar-refractivity contribution in [1.29, 1.82) is 0 Å². The molecule has 0 bridgehead atoms. The number of ether oxygens (including phenoxy) is 1. The molecule has 3 rings (SSSR count). The number of nitrogens with one attached hydrogen (secondary N) is 2. The van der Waals surface area contributed by atoms with Crippen LogP contribution in [0, 0.1) is 0 Å². The fourth-order valence-corrected chi connectivity index (χ4v) is 3.44. The van der Waals surface area contributed by atoms with Crippen molar-refractivity contribution in [3.05, 3.63) is 29.8 Å². The number of morpholine rings is 1. The van der Waals surface area contributed by atoms with Gasteiger partial charge in [0.1, 0.15) is 0 Å². The van der Waals surface area contributed by atoms with E-state index in [2.05, 4.69) is 15.5 Å². The van der Waals surface area contributed by atoms with E-state index >= 15 is 0 Å². The molecule has 1 aromatic rings. The Morgan fingerprint density at radius 1 is 0.879 bits per heavy atom. The molecular weight excluding hydrogens is 432 g/mol. The maximum absolute atomic E-state index is 12.5. The molecule has 4 N–H and O–H groups in total. The average molecular weight is 465 g/mol. The van der Waals surface area contributed by atoms with Crippen molar-refractivity contribution < 1.29 is 34.1 Å². The van der Waals surface area contributed by atoms with Gasteiger partial charge < -0.3 is 30.5 Å². The van der Waals surface area contributed by atoms with Crippen molar-refractivity contribution in [2.24, 2.45) is 0 Å². The summed E-state index contributed by atoms with van der Waals surface area (Å²) in [7, 11) is 0. The number of carboxylic acids is 2. The first-order chi connectivity index (χ1) is 15.9. The lowest BCUT2D eigenvalue weighted by atomic mass is 10.1. The Balaban J connectivity index is 0.000000569. The van der Waals surface area contributed by atoms with Crippen LogP contribution in [0.5, 0.6) is 0 Å². The number of amides is 2. The summed E-state index contributed by atoms with van der Waals surface area (Å²) < 4.78 is 5.32. The molecule has 0 saturated carbocycles. The van der Waals surface area contributed by atoms with E-state index in [1.54, 1.807) is 24.3 Å². The number of nitrogens with zero attached hydrogens (tertiary/aromatic N) is 2. The molecule has 0 atom stereocenters. The lowest BCUT2D eigenvalue weighted by Crippen LogP contribution is -2.41. The maximum Gasteiger partial charge on any atom is 0.414 e. The SMILES string of the molecule is O=C(CNCCN1CCOCC1)Nc1ccc(C(=O)N2CCCCC2)cc1.O=C(O)C(=O)O. The van der Waals surface area contributed by atoms with Crippen molar-refractivity contribution >= 4 is 29.4 Å². The monoisotopic (exact) mass is 464 g/mol. The lowest BCUT2D eigenvalue weighted by molar-refractivity contribution is -0.159. The molecule has 2 heterocycles. The van der Waals surface area contributed by atoms with E-state index in [0.717, 1.165) is 65.3 Å². The Bertz CT molecular complexity index is 776. The minimum absolute atomic E-state index is 0.0768. The number of benzene rings is 1. The first-order valence-corrected chi connectivity index (χ1v) is 11.0. The van der Waals surface area contributed by atoms with Gasteiger partial charge >= 0.3 is 11.9 Å². The third-order valence-electron chi connectivity index (χ3n) is 5.24. The van der Waals surface area contributed by atoms with Crippen molar-refractivity contribution in [3.63, 3.8) is 0 Å². The molecule has 2 aliphatic heterocycles. The Morgan fingerprint density at radius 2 is 1.48 bits per heavy atom. The van der Waals surface area contributed by atoms with Crippen molar-refractivity contribution in [2.75, 3.05) is 64.3 Å². The van der Waals surface area contributed by atoms with Gasteiger partial charge in [0.2, 0.25) is 5.91 Å². The summed E-state index contributed by atoms with van der Waals surface area (Å²) in [6, 6.07) is 7.17. The second-order valence-corrected chi connectivity index (χ2v) is 7.72. The van der Waals surface area contributed by atoms with Gasteiger partial charge in [-0.1, -0.05) is 0 Å². The average Bonchev–Trinajstić information content (AvgIpc) is 2.83. The van der Waals surface area contributed by atoms with E-state index in [4.69, 9.17) is 24.5 Å². The molecule has 11 heteroatoms. The van der Waals surface area contributed by atoms with Gasteiger partial charge in [0.25, 0.3) is 5.91 Å². The van der Waals surface area contributed by atoms with Crippen LogP contribution in [0.15, 0.2) is 24.3 Å². The normalized spacial score (nSPS) is 16.3. The van der Waals surface area contributed by atoms with Gasteiger partial charge in [-0.3, -0.25) is 14.5 Å². The number of piperidine rings is 1. The van der Waals surface area contributed by atoms with E-state index in [9.17, 15) is 9.59 Å². The summed E-state index contributed by atoms with van der Waals surface area (Å²) in [4.78, 5) is 46.9. The Hall–Kier alpha value is -3.02. The number of anilines is 1. The number of hydrogen-bond donors (Lipinski definition) is 4. The first-order valence-electron chi connectivity index (χ1n) is 11.0. The summed E-state index contributed by atoms with van der Waals surface area (Å²) in [5.41, 5.74) is 1.39. The highest BCUT2D eigenvalue weighted by Crippen LogP contribution is 2.15. The summed E-state index contributed by atoms with van der Waals surface area (Å²) in [5.74, 6) is -3.64. The zero-order valence-electron chi connectivity index (χ0n) is 18.6. The predicted octanol–water partition coefficient (Wildman–Crippen LogP) is 0.329. The summed E-state index contributed by atoms with van der Waals surface area (Å²) in [6.07, 6.45) is 3.37. The van der Waals surface area contributed by atoms with Gasteiger partial charge in [0, 0.05) is 50.5 Å². The third kappa shape index (κ3) is 9.98. The molecule has 33 heavy (non-hydrogen) atoms. The summed E-state index contributed by atoms with van der Waals surface area (Å²) in [6.45, 7) is 7.14. The van der Waals surface area contributed by atoms with E-state index in [0.29, 0.717) is 11.3 Å². The molecule has 0 aliphatic carbocycles. The van der Waals surface area contributed by atoms with Crippen LogP contribution in [0.4, 0.5) is 5.69 Å². The Kier molecular flexibility index (Phi) is 11.3. The number of carboxylic acid groups (broad SMARTS) is 2. The number of carbonyl (C=O) groups is 4. The van der Waals surface area contributed by atoms with Crippen molar-refractivity contribution in [2.45, 2.75) is 19.3 Å². The van der Waals surface area contributed by atoms with Gasteiger partial charge in [-0.05, 0) is 43.5 Å². The van der Waals surface area contributed by atoms with Crippen LogP contribution in [0.1, 0.15) is 29.6 Å². The maximum atomic E-state index is 12.5. The van der Waals surface area contributed by atoms with Crippen LogP contribution in [0.2, 0.25) is 0 Å². The summed E-state index contributed by atoms with van der Waals surface area (Å²) >= 11 is 0. The van der Waals surface area contributed by atoms with Crippen molar-refractivity contribution in [3.8, 4) is 0 Å². The van der Waals surface area contributed by atoms with E-state index in [1.807, 2.05) is 4.90 Å². The molecule has 0 aromatic heterocycles. The molecule has 2 aliphatic rings. The molecule has 182 valence electrons. The van der Waals surface area contributed by atoms with Gasteiger partial charge in [0.15, 0.2) is 0 Å². The minimum atomic E-state index is -1.82. The molecule has 2 fully saturated rings. The van der Waals surface area contributed by atoms with Crippen LogP contribution in [0.25, 0.3) is 0 Å². The highest BCUT2D eigenvalue weighted by atomic mass is 16.5. The third-order valence-corrected chi connectivity index (χ3v) is 5.24. The van der Waals surface area contributed by atoms with E-state index in [-0.39, 0.29) is 18.4 Å². The van der Waals surface area contributed by atoms with Gasteiger partial charge in [-0.2, -0.15) is 0 Å². The van der Waals surface area contributed by atoms with Gasteiger partial charge in [0.05, 0.1) is 19.8 Å². The lowest BCUT2D eigenvalue weighted by Gasteiger charge is -2.26. The van der Waals surface area contributed by atoms with Crippen LogP contribution < -0.4 is 10.6 Å².